The topological polar surface area (TPSA) is 113 Å². The molecule has 144 valence electrons. The highest BCUT2D eigenvalue weighted by atomic mass is 32.2. The summed E-state index contributed by atoms with van der Waals surface area (Å²) in [5, 5.41) is 18.0. The van der Waals surface area contributed by atoms with Gasteiger partial charge in [0.25, 0.3) is 5.91 Å². The van der Waals surface area contributed by atoms with Crippen LogP contribution in [0.3, 0.4) is 0 Å². The van der Waals surface area contributed by atoms with Gasteiger partial charge in [0, 0.05) is 6.61 Å². The van der Waals surface area contributed by atoms with E-state index in [1.54, 1.807) is 12.1 Å². The Labute approximate surface area is 157 Å². The van der Waals surface area contributed by atoms with Crippen LogP contribution in [0, 0.1) is 6.92 Å². The number of hydroxylamine groups is 1. The highest BCUT2D eigenvalue weighted by Crippen LogP contribution is 2.32. The average Bonchev–Trinajstić information content (AvgIpc) is 2.68. The Hall–Kier alpha value is -2.26. The van der Waals surface area contributed by atoms with Crippen LogP contribution in [-0.4, -0.2) is 48.7 Å². The maximum atomic E-state index is 13.0. The molecule has 2 aromatic rings. The maximum Gasteiger partial charge on any atom is 0.279 e. The summed E-state index contributed by atoms with van der Waals surface area (Å²) in [6, 6.07) is 14.1. The van der Waals surface area contributed by atoms with E-state index in [0.717, 1.165) is 16.7 Å². The number of ether oxygens (including phenoxy) is 1. The molecule has 0 bridgehead atoms. The number of rotatable bonds is 4. The molecule has 0 saturated carbocycles. The number of carbonyl (C=O) groups excluding carboxylic acids is 1. The first-order valence-electron chi connectivity index (χ1n) is 8.45. The zero-order valence-corrected chi connectivity index (χ0v) is 15.6. The number of benzene rings is 2. The number of hydrogen-bond donors (Lipinski definition) is 3. The molecular weight excluding hydrogens is 370 g/mol. The number of hydrogen-bond acceptors (Lipinski definition) is 6. The summed E-state index contributed by atoms with van der Waals surface area (Å²) >= 11 is 0. The molecule has 0 spiro atoms. The highest BCUT2D eigenvalue weighted by Gasteiger charge is 2.53. The van der Waals surface area contributed by atoms with Crippen molar-refractivity contribution in [1.82, 2.24) is 5.48 Å². The van der Waals surface area contributed by atoms with E-state index in [1.807, 2.05) is 31.2 Å². The molecule has 8 heteroatoms. The second kappa shape index (κ2) is 7.40. The lowest BCUT2D eigenvalue weighted by atomic mass is 9.95. The largest absolute Gasteiger partial charge is 0.378 e. The molecule has 0 aromatic heterocycles. The van der Waals surface area contributed by atoms with Crippen molar-refractivity contribution in [2.45, 2.75) is 29.1 Å². The van der Waals surface area contributed by atoms with Crippen LogP contribution in [0.4, 0.5) is 0 Å². The van der Waals surface area contributed by atoms with Crippen LogP contribution < -0.4 is 5.48 Å². The average molecular weight is 391 g/mol. The van der Waals surface area contributed by atoms with Gasteiger partial charge in [0.1, 0.15) is 5.25 Å². The molecule has 1 fully saturated rings. The van der Waals surface area contributed by atoms with Gasteiger partial charge in [-0.1, -0.05) is 42.0 Å². The molecule has 3 N–H and O–H groups in total. The molecule has 2 atom stereocenters. The third kappa shape index (κ3) is 3.61. The number of aryl methyl sites for hydroxylation is 1. The Bertz CT molecular complexity index is 924. The van der Waals surface area contributed by atoms with Gasteiger partial charge < -0.3 is 9.84 Å². The minimum Gasteiger partial charge on any atom is -0.378 e. The molecule has 1 heterocycles. The first-order chi connectivity index (χ1) is 12.8. The predicted molar refractivity (Wildman–Crippen MR) is 97.9 cm³/mol. The van der Waals surface area contributed by atoms with Crippen LogP contribution in [0.1, 0.15) is 12.0 Å². The van der Waals surface area contributed by atoms with E-state index >= 15 is 0 Å². The minimum atomic E-state index is -4.03. The van der Waals surface area contributed by atoms with Gasteiger partial charge in [-0.25, -0.2) is 13.9 Å². The number of carbonyl (C=O) groups is 1. The Balaban J connectivity index is 1.94. The van der Waals surface area contributed by atoms with Gasteiger partial charge in [-0.05, 0) is 36.6 Å². The Morgan fingerprint density at radius 2 is 1.67 bits per heavy atom. The standard InChI is InChI=1S/C19H21NO6S/c1-13-2-4-14(5-3-13)15-6-8-16(9-7-15)27(24,25)17-10-11-26-12-19(17,22)18(21)20-23/h2-9,17,22-23H,10-12H2,1H3,(H,20,21). The van der Waals surface area contributed by atoms with E-state index in [9.17, 15) is 18.3 Å². The first kappa shape index (κ1) is 19.5. The monoisotopic (exact) mass is 391 g/mol. The van der Waals surface area contributed by atoms with Crippen LogP contribution in [0.15, 0.2) is 53.4 Å². The zero-order chi connectivity index (χ0) is 19.7. The lowest BCUT2D eigenvalue weighted by Crippen LogP contribution is -2.62. The van der Waals surface area contributed by atoms with Crippen molar-refractivity contribution < 1.29 is 28.3 Å². The first-order valence-corrected chi connectivity index (χ1v) is 9.99. The van der Waals surface area contributed by atoms with Crippen molar-refractivity contribution in [3.8, 4) is 11.1 Å². The minimum absolute atomic E-state index is 0.00516. The van der Waals surface area contributed by atoms with Crippen molar-refractivity contribution in [2.75, 3.05) is 13.2 Å². The molecule has 1 aliphatic heterocycles. The Kier molecular flexibility index (Phi) is 5.34. The second-order valence-electron chi connectivity index (χ2n) is 6.63. The molecular formula is C19H21NO6S. The molecule has 2 aromatic carbocycles. The van der Waals surface area contributed by atoms with Crippen molar-refractivity contribution in [3.63, 3.8) is 0 Å². The van der Waals surface area contributed by atoms with E-state index in [0.29, 0.717) is 0 Å². The summed E-state index contributed by atoms with van der Waals surface area (Å²) in [6.45, 7) is 1.56. The lowest BCUT2D eigenvalue weighted by molar-refractivity contribution is -0.161. The van der Waals surface area contributed by atoms with Gasteiger partial charge in [-0.2, -0.15) is 0 Å². The van der Waals surface area contributed by atoms with Gasteiger partial charge in [0.05, 0.1) is 11.5 Å². The molecule has 3 rings (SSSR count). The van der Waals surface area contributed by atoms with E-state index in [4.69, 9.17) is 9.94 Å². The fourth-order valence-corrected chi connectivity index (χ4v) is 5.16. The van der Waals surface area contributed by atoms with E-state index in [2.05, 4.69) is 0 Å². The van der Waals surface area contributed by atoms with Gasteiger partial charge in [0.15, 0.2) is 15.4 Å². The van der Waals surface area contributed by atoms with Crippen LogP contribution in [0.2, 0.25) is 0 Å². The summed E-state index contributed by atoms with van der Waals surface area (Å²) in [5.41, 5.74) is 1.90. The molecule has 2 unspecified atom stereocenters. The zero-order valence-electron chi connectivity index (χ0n) is 14.8. The summed E-state index contributed by atoms with van der Waals surface area (Å²) in [6.07, 6.45) is -0.0635. The molecule has 1 amide bonds. The van der Waals surface area contributed by atoms with Gasteiger partial charge in [-0.15, -0.1) is 0 Å². The third-order valence-electron chi connectivity index (χ3n) is 4.82. The van der Waals surface area contributed by atoms with Gasteiger partial charge in [0.2, 0.25) is 0 Å². The van der Waals surface area contributed by atoms with Gasteiger partial charge >= 0.3 is 0 Å². The lowest BCUT2D eigenvalue weighted by Gasteiger charge is -2.36. The fourth-order valence-electron chi connectivity index (χ4n) is 3.22. The number of sulfone groups is 1. The quantitative estimate of drug-likeness (QED) is 0.537. The van der Waals surface area contributed by atoms with Crippen molar-refractivity contribution in [1.29, 1.82) is 0 Å². The maximum absolute atomic E-state index is 13.0. The Morgan fingerprint density at radius 3 is 2.22 bits per heavy atom. The SMILES string of the molecule is Cc1ccc(-c2ccc(S(=O)(=O)C3CCOCC3(O)C(=O)NO)cc2)cc1. The third-order valence-corrected chi connectivity index (χ3v) is 7.12. The molecule has 27 heavy (non-hydrogen) atoms. The molecule has 0 aliphatic carbocycles. The van der Waals surface area contributed by atoms with Crippen LogP contribution in [0.5, 0.6) is 0 Å². The summed E-state index contributed by atoms with van der Waals surface area (Å²) in [7, 11) is -4.03. The fraction of sp³-hybridized carbons (Fsp3) is 0.316. The van der Waals surface area contributed by atoms with E-state index in [1.165, 1.54) is 17.6 Å². The van der Waals surface area contributed by atoms with Crippen molar-refractivity contribution >= 4 is 15.7 Å². The molecule has 0 radical (unpaired) electrons. The van der Waals surface area contributed by atoms with Crippen molar-refractivity contribution in [2.24, 2.45) is 0 Å². The highest BCUT2D eigenvalue weighted by molar-refractivity contribution is 7.92. The summed E-state index contributed by atoms with van der Waals surface area (Å²) in [5.74, 6) is -1.20. The molecule has 7 nitrogen and oxygen atoms in total. The molecule has 1 saturated heterocycles. The normalized spacial score (nSPS) is 23.0. The van der Waals surface area contributed by atoms with Gasteiger partial charge in [-0.3, -0.25) is 10.0 Å². The number of nitrogens with one attached hydrogen (secondary N) is 1. The predicted octanol–water partition coefficient (Wildman–Crippen LogP) is 1.46. The number of amides is 1. The van der Waals surface area contributed by atoms with Crippen LogP contribution in [0.25, 0.3) is 11.1 Å². The second-order valence-corrected chi connectivity index (χ2v) is 8.76. The number of aliphatic hydroxyl groups is 1. The van der Waals surface area contributed by atoms with Crippen LogP contribution >= 0.6 is 0 Å². The van der Waals surface area contributed by atoms with E-state index < -0.39 is 33.2 Å². The summed E-state index contributed by atoms with van der Waals surface area (Å²) < 4.78 is 31.1. The van der Waals surface area contributed by atoms with E-state index in [-0.39, 0.29) is 17.9 Å². The summed E-state index contributed by atoms with van der Waals surface area (Å²) in [4.78, 5) is 11.9. The smallest absolute Gasteiger partial charge is 0.279 e. The van der Waals surface area contributed by atoms with Crippen molar-refractivity contribution in [3.05, 3.63) is 54.1 Å². The molecule has 1 aliphatic rings. The van der Waals surface area contributed by atoms with Crippen LogP contribution in [-0.2, 0) is 19.4 Å². The Morgan fingerprint density at radius 1 is 1.11 bits per heavy atom.